The van der Waals surface area contributed by atoms with Crippen LogP contribution in [0.4, 0.5) is 0 Å². The van der Waals surface area contributed by atoms with Gasteiger partial charge < -0.3 is 9.30 Å². The first-order valence-electron chi connectivity index (χ1n) is 9.89. The van der Waals surface area contributed by atoms with Crippen molar-refractivity contribution >= 4 is 60.7 Å². The first-order valence-corrected chi connectivity index (χ1v) is 12.9. The molecule has 1 aromatic heterocycles. The number of amides is 1. The van der Waals surface area contributed by atoms with Crippen molar-refractivity contribution in [3.63, 3.8) is 0 Å². The van der Waals surface area contributed by atoms with Gasteiger partial charge in [0, 0.05) is 32.8 Å². The van der Waals surface area contributed by atoms with Gasteiger partial charge in [0.1, 0.15) is 0 Å². The Labute approximate surface area is 199 Å². The zero-order valence-corrected chi connectivity index (χ0v) is 20.6. The monoisotopic (exact) mass is 513 g/mol. The average Bonchev–Trinajstić information content (AvgIpc) is 3.39. The number of sulfonamides is 1. The van der Waals surface area contributed by atoms with Gasteiger partial charge in [-0.25, -0.2) is 8.42 Å². The summed E-state index contributed by atoms with van der Waals surface area (Å²) >= 11 is 13.8. The highest BCUT2D eigenvalue weighted by molar-refractivity contribution is 7.89. The van der Waals surface area contributed by atoms with Gasteiger partial charge in [-0.1, -0.05) is 34.5 Å². The van der Waals surface area contributed by atoms with Crippen LogP contribution in [0.25, 0.3) is 10.2 Å². The third kappa shape index (κ3) is 4.50. The van der Waals surface area contributed by atoms with Crippen molar-refractivity contribution < 1.29 is 17.9 Å². The highest BCUT2D eigenvalue weighted by atomic mass is 35.5. The molecule has 0 bridgehead atoms. The van der Waals surface area contributed by atoms with Crippen molar-refractivity contribution in [2.45, 2.75) is 23.8 Å². The second kappa shape index (κ2) is 9.24. The van der Waals surface area contributed by atoms with E-state index >= 15 is 0 Å². The van der Waals surface area contributed by atoms with Crippen molar-refractivity contribution in [3.05, 3.63) is 56.8 Å². The smallest absolute Gasteiger partial charge is 0.279 e. The third-order valence-corrected chi connectivity index (χ3v) is 9.08. The van der Waals surface area contributed by atoms with Crippen molar-refractivity contribution in [2.75, 3.05) is 20.2 Å². The number of ether oxygens (including phenoxy) is 1. The summed E-state index contributed by atoms with van der Waals surface area (Å²) in [6.45, 7) is 0.959. The molecule has 2 aromatic carbocycles. The predicted molar refractivity (Wildman–Crippen MR) is 126 cm³/mol. The number of hydrogen-bond acceptors (Lipinski definition) is 5. The highest BCUT2D eigenvalue weighted by Gasteiger charge is 2.26. The lowest BCUT2D eigenvalue weighted by Gasteiger charge is -2.20. The van der Waals surface area contributed by atoms with E-state index < -0.39 is 15.9 Å². The highest BCUT2D eigenvalue weighted by Crippen LogP contribution is 2.31. The summed E-state index contributed by atoms with van der Waals surface area (Å²) in [7, 11) is -0.394. The lowest BCUT2D eigenvalue weighted by atomic mass is 10.2. The molecule has 1 saturated heterocycles. The molecule has 2 heterocycles. The summed E-state index contributed by atoms with van der Waals surface area (Å²) < 4.78 is 34.9. The molecule has 0 aliphatic carbocycles. The van der Waals surface area contributed by atoms with Crippen LogP contribution in [-0.2, 0) is 21.8 Å². The minimum absolute atomic E-state index is 0.0847. The minimum atomic E-state index is -3.68. The van der Waals surface area contributed by atoms with Crippen LogP contribution in [0.3, 0.4) is 0 Å². The lowest BCUT2D eigenvalue weighted by molar-refractivity contribution is 0.0979. The number of rotatable bonds is 5. The second-order valence-electron chi connectivity index (χ2n) is 7.51. The number of carbonyl (C=O) groups is 1. The number of fused-ring (bicyclic) bond motifs is 1. The van der Waals surface area contributed by atoms with Gasteiger partial charge in [0.2, 0.25) is 10.0 Å². The number of aryl methyl sites for hydroxylation is 1. The molecule has 4 rings (SSSR count). The van der Waals surface area contributed by atoms with Crippen molar-refractivity contribution in [1.82, 2.24) is 8.87 Å². The maximum Gasteiger partial charge on any atom is 0.279 e. The fourth-order valence-electron chi connectivity index (χ4n) is 3.56. The average molecular weight is 514 g/mol. The van der Waals surface area contributed by atoms with E-state index in [-0.39, 0.29) is 16.6 Å². The molecule has 1 unspecified atom stereocenters. The quantitative estimate of drug-likeness (QED) is 0.514. The van der Waals surface area contributed by atoms with E-state index in [1.54, 1.807) is 23.7 Å². The van der Waals surface area contributed by atoms with Crippen molar-refractivity contribution in [3.8, 4) is 0 Å². The number of halogens is 2. The van der Waals surface area contributed by atoms with Gasteiger partial charge in [0.25, 0.3) is 5.91 Å². The third-order valence-electron chi connectivity index (χ3n) is 5.34. The number of nitrogens with zero attached hydrogens (tertiary/aromatic N) is 3. The molecule has 1 fully saturated rings. The predicted octanol–water partition coefficient (Wildman–Crippen LogP) is 4.09. The van der Waals surface area contributed by atoms with Gasteiger partial charge in [-0.2, -0.15) is 9.30 Å². The molecule has 7 nitrogen and oxygen atoms in total. The van der Waals surface area contributed by atoms with Crippen LogP contribution in [0, 0.1) is 0 Å². The Morgan fingerprint density at radius 2 is 1.91 bits per heavy atom. The normalized spacial score (nSPS) is 17.5. The maximum atomic E-state index is 12.8. The van der Waals surface area contributed by atoms with Crippen molar-refractivity contribution in [2.24, 2.45) is 12.0 Å². The van der Waals surface area contributed by atoms with Gasteiger partial charge in [-0.05, 0) is 49.2 Å². The fourth-order valence-corrected chi connectivity index (χ4v) is 6.42. The molecule has 1 aliphatic heterocycles. The molecule has 1 atom stereocenters. The Kier molecular flexibility index (Phi) is 6.76. The fraction of sp³-hybridized carbons (Fsp3) is 0.333. The van der Waals surface area contributed by atoms with Gasteiger partial charge in [0.05, 0.1) is 31.3 Å². The van der Waals surface area contributed by atoms with Gasteiger partial charge in [-0.15, -0.1) is 0 Å². The summed E-state index contributed by atoms with van der Waals surface area (Å²) in [5, 5.41) is 1.04. The topological polar surface area (TPSA) is 81.0 Å². The molecular formula is C21H21Cl2N3O4S2. The molecule has 1 amide bonds. The number of aromatic nitrogens is 1. The SMILES string of the molecule is CN(CC1CCCO1)S(=O)(=O)c1ccc(C(=O)N=c2sc3c(Cl)ccc(Cl)c3n2C)cc1. The first-order chi connectivity index (χ1) is 15.2. The number of hydrogen-bond donors (Lipinski definition) is 0. The Morgan fingerprint density at radius 3 is 2.53 bits per heavy atom. The standard InChI is InChI=1S/C21H21Cl2N3O4S2/c1-25(12-14-4-3-11-30-14)32(28,29)15-7-5-13(6-8-15)20(27)24-21-26(2)18-16(22)9-10-17(23)19(18)31-21/h5-10,14H,3-4,11-12H2,1-2H3. The number of likely N-dealkylation sites (N-methyl/N-ethyl adjacent to an activating group) is 1. The summed E-state index contributed by atoms with van der Waals surface area (Å²) in [6, 6.07) is 9.16. The van der Waals surface area contributed by atoms with Crippen molar-refractivity contribution in [1.29, 1.82) is 0 Å². The molecule has 0 saturated carbocycles. The van der Waals surface area contributed by atoms with E-state index in [9.17, 15) is 13.2 Å². The van der Waals surface area contributed by atoms with E-state index in [4.69, 9.17) is 27.9 Å². The number of carbonyl (C=O) groups excluding carboxylic acids is 1. The molecule has 0 radical (unpaired) electrons. The number of thiazole rings is 1. The maximum absolute atomic E-state index is 12.8. The Balaban J connectivity index is 1.59. The summed E-state index contributed by atoms with van der Waals surface area (Å²) in [6.07, 6.45) is 1.70. The van der Waals surface area contributed by atoms with Crippen LogP contribution in [0.2, 0.25) is 10.0 Å². The van der Waals surface area contributed by atoms with Crippen LogP contribution in [-0.4, -0.2) is 49.5 Å². The first kappa shape index (κ1) is 23.4. The molecule has 3 aromatic rings. The summed E-state index contributed by atoms with van der Waals surface area (Å²) in [5.74, 6) is -0.490. The Morgan fingerprint density at radius 1 is 1.22 bits per heavy atom. The van der Waals surface area contributed by atoms with Gasteiger partial charge >= 0.3 is 0 Å². The molecule has 170 valence electrons. The molecular weight excluding hydrogens is 493 g/mol. The van der Waals surface area contributed by atoms with Crippen LogP contribution >= 0.6 is 34.5 Å². The van der Waals surface area contributed by atoms with E-state index in [1.807, 2.05) is 0 Å². The Hall–Kier alpha value is -1.75. The lowest BCUT2D eigenvalue weighted by Crippen LogP contribution is -2.34. The van der Waals surface area contributed by atoms with E-state index in [0.717, 1.165) is 17.5 Å². The zero-order chi connectivity index (χ0) is 23.0. The van der Waals surface area contributed by atoms with E-state index in [2.05, 4.69) is 4.99 Å². The summed E-state index contributed by atoms with van der Waals surface area (Å²) in [5.41, 5.74) is 0.979. The zero-order valence-electron chi connectivity index (χ0n) is 17.4. The van der Waals surface area contributed by atoms with E-state index in [0.29, 0.717) is 33.5 Å². The second-order valence-corrected chi connectivity index (χ2v) is 11.3. The summed E-state index contributed by atoms with van der Waals surface area (Å²) in [4.78, 5) is 17.5. The van der Waals surface area contributed by atoms with E-state index in [1.165, 1.54) is 47.0 Å². The van der Waals surface area contributed by atoms with Crippen LogP contribution < -0.4 is 4.80 Å². The van der Waals surface area contributed by atoms with Gasteiger partial charge in [-0.3, -0.25) is 4.79 Å². The molecule has 11 heteroatoms. The van der Waals surface area contributed by atoms with Crippen LogP contribution in [0.15, 0.2) is 46.3 Å². The largest absolute Gasteiger partial charge is 0.377 e. The van der Waals surface area contributed by atoms with Gasteiger partial charge in [0.15, 0.2) is 4.80 Å². The van der Waals surface area contributed by atoms with Crippen LogP contribution in [0.1, 0.15) is 23.2 Å². The Bertz CT molecular complexity index is 1340. The minimum Gasteiger partial charge on any atom is -0.377 e. The molecule has 32 heavy (non-hydrogen) atoms. The molecule has 1 aliphatic rings. The molecule has 0 spiro atoms. The number of benzene rings is 2. The molecule has 0 N–H and O–H groups in total. The van der Waals surface area contributed by atoms with Crippen LogP contribution in [0.5, 0.6) is 0 Å².